The summed E-state index contributed by atoms with van der Waals surface area (Å²) in [5, 5.41) is -0.569. The molecule has 2 aromatic carbocycles. The molecule has 0 spiro atoms. The lowest BCUT2D eigenvalue weighted by atomic mass is 9.80. The van der Waals surface area contributed by atoms with Crippen LogP contribution in [0.5, 0.6) is 0 Å². The molecular formula is C21H27OP. The summed E-state index contributed by atoms with van der Waals surface area (Å²) in [7, 11) is 2.87. The SMILES string of the molecule is Cc1cc(C)c(C(=O)C(P)(CC(C)C)c2ccccc2)c(C)c1. The molecule has 122 valence electrons. The quantitative estimate of drug-likeness (QED) is 0.515. The molecule has 2 atom stereocenters. The van der Waals surface area contributed by atoms with E-state index in [-0.39, 0.29) is 5.78 Å². The molecule has 2 aromatic rings. The number of rotatable bonds is 5. The number of carbonyl (C=O) groups is 1. The molecule has 2 heteroatoms. The van der Waals surface area contributed by atoms with Gasteiger partial charge in [-0.1, -0.05) is 61.9 Å². The van der Waals surface area contributed by atoms with Crippen LogP contribution in [0.25, 0.3) is 0 Å². The van der Waals surface area contributed by atoms with Crippen molar-refractivity contribution in [2.45, 2.75) is 46.2 Å². The predicted octanol–water partition coefficient (Wildman–Crippen LogP) is 5.61. The fourth-order valence-corrected chi connectivity index (χ4v) is 4.29. The lowest BCUT2D eigenvalue weighted by molar-refractivity contribution is 0.0926. The highest BCUT2D eigenvalue weighted by molar-refractivity contribution is 7.20. The Kier molecular flexibility index (Phi) is 5.42. The van der Waals surface area contributed by atoms with E-state index in [1.54, 1.807) is 0 Å². The third-order valence-corrected chi connectivity index (χ3v) is 5.16. The van der Waals surface area contributed by atoms with Gasteiger partial charge in [-0.2, -0.15) is 0 Å². The first-order chi connectivity index (χ1) is 10.8. The van der Waals surface area contributed by atoms with Crippen molar-refractivity contribution in [3.8, 4) is 0 Å². The third-order valence-electron chi connectivity index (χ3n) is 4.33. The Labute approximate surface area is 142 Å². The highest BCUT2D eigenvalue weighted by Crippen LogP contribution is 2.42. The number of carbonyl (C=O) groups excluding carboxylic acids is 1. The van der Waals surface area contributed by atoms with Crippen molar-refractivity contribution in [1.82, 2.24) is 0 Å². The van der Waals surface area contributed by atoms with Crippen molar-refractivity contribution in [3.63, 3.8) is 0 Å². The molecule has 0 aliphatic rings. The zero-order valence-corrected chi connectivity index (χ0v) is 16.0. The molecule has 2 unspecified atom stereocenters. The first-order valence-electron chi connectivity index (χ1n) is 8.22. The minimum atomic E-state index is -0.569. The monoisotopic (exact) mass is 326 g/mol. The van der Waals surface area contributed by atoms with Crippen LogP contribution in [0, 0.1) is 26.7 Å². The van der Waals surface area contributed by atoms with Gasteiger partial charge in [0.25, 0.3) is 0 Å². The Morgan fingerprint density at radius 2 is 1.57 bits per heavy atom. The van der Waals surface area contributed by atoms with Crippen LogP contribution in [0.1, 0.15) is 52.9 Å². The highest BCUT2D eigenvalue weighted by atomic mass is 31.0. The number of Topliss-reactive ketones (excluding diaryl/α,β-unsaturated/α-hetero) is 1. The minimum Gasteiger partial charge on any atom is -0.293 e. The summed E-state index contributed by atoms with van der Waals surface area (Å²) in [5.41, 5.74) is 5.28. The van der Waals surface area contributed by atoms with Crippen LogP contribution in [0.2, 0.25) is 0 Å². The van der Waals surface area contributed by atoms with Gasteiger partial charge in [-0.05, 0) is 49.8 Å². The van der Waals surface area contributed by atoms with Crippen LogP contribution in [0.15, 0.2) is 42.5 Å². The molecule has 0 N–H and O–H groups in total. The second kappa shape index (κ2) is 6.97. The van der Waals surface area contributed by atoms with Gasteiger partial charge in [-0.25, -0.2) is 0 Å². The summed E-state index contributed by atoms with van der Waals surface area (Å²) in [6.07, 6.45) is 0.813. The average molecular weight is 326 g/mol. The van der Waals surface area contributed by atoms with Gasteiger partial charge >= 0.3 is 0 Å². The summed E-state index contributed by atoms with van der Waals surface area (Å²) in [4.78, 5) is 13.5. The van der Waals surface area contributed by atoms with E-state index in [0.717, 1.165) is 28.7 Å². The molecule has 0 fully saturated rings. The Hall–Kier alpha value is -1.46. The van der Waals surface area contributed by atoms with Crippen LogP contribution < -0.4 is 0 Å². The largest absolute Gasteiger partial charge is 0.293 e. The normalized spacial score (nSPS) is 13.9. The molecular weight excluding hydrogens is 299 g/mol. The van der Waals surface area contributed by atoms with Crippen molar-refractivity contribution >= 4 is 15.0 Å². The number of aryl methyl sites for hydroxylation is 3. The Balaban J connectivity index is 2.59. The second-order valence-electron chi connectivity index (χ2n) is 7.04. The molecule has 0 saturated heterocycles. The zero-order valence-electron chi connectivity index (χ0n) is 14.8. The minimum absolute atomic E-state index is 0.206. The summed E-state index contributed by atoms with van der Waals surface area (Å²) < 4.78 is 0. The van der Waals surface area contributed by atoms with Crippen LogP contribution in [0.4, 0.5) is 0 Å². The molecule has 0 radical (unpaired) electrons. The van der Waals surface area contributed by atoms with Crippen molar-refractivity contribution in [1.29, 1.82) is 0 Å². The first kappa shape index (κ1) is 17.9. The molecule has 2 rings (SSSR count). The van der Waals surface area contributed by atoms with E-state index in [0.29, 0.717) is 5.92 Å². The Morgan fingerprint density at radius 1 is 1.04 bits per heavy atom. The second-order valence-corrected chi connectivity index (χ2v) is 8.02. The van der Waals surface area contributed by atoms with Crippen LogP contribution in [-0.4, -0.2) is 5.78 Å². The highest BCUT2D eigenvalue weighted by Gasteiger charge is 2.37. The maximum absolute atomic E-state index is 13.5. The molecule has 0 aliphatic heterocycles. The van der Waals surface area contributed by atoms with E-state index in [2.05, 4.69) is 54.3 Å². The Bertz CT molecular complexity index is 680. The average Bonchev–Trinajstić information content (AvgIpc) is 2.46. The van der Waals surface area contributed by atoms with Crippen molar-refractivity contribution in [3.05, 3.63) is 70.3 Å². The molecule has 0 amide bonds. The maximum atomic E-state index is 13.5. The van der Waals surface area contributed by atoms with Gasteiger partial charge in [0, 0.05) is 5.56 Å². The number of hydrogen-bond acceptors (Lipinski definition) is 1. The molecule has 0 aromatic heterocycles. The van der Waals surface area contributed by atoms with Gasteiger partial charge in [-0.3, -0.25) is 4.79 Å². The topological polar surface area (TPSA) is 17.1 Å². The number of ketones is 1. The molecule has 1 nitrogen and oxygen atoms in total. The van der Waals surface area contributed by atoms with Gasteiger partial charge in [0.15, 0.2) is 5.78 Å². The summed E-state index contributed by atoms with van der Waals surface area (Å²) in [6.45, 7) is 10.5. The fourth-order valence-electron chi connectivity index (χ4n) is 3.48. The van der Waals surface area contributed by atoms with Gasteiger partial charge in [0.1, 0.15) is 0 Å². The van der Waals surface area contributed by atoms with E-state index in [1.807, 2.05) is 32.0 Å². The van der Waals surface area contributed by atoms with E-state index < -0.39 is 5.16 Å². The lowest BCUT2D eigenvalue weighted by Gasteiger charge is -2.31. The van der Waals surface area contributed by atoms with E-state index in [1.165, 1.54) is 5.56 Å². The number of benzene rings is 2. The van der Waals surface area contributed by atoms with Crippen molar-refractivity contribution in [2.24, 2.45) is 5.92 Å². The van der Waals surface area contributed by atoms with Crippen LogP contribution in [-0.2, 0) is 5.16 Å². The van der Waals surface area contributed by atoms with Crippen LogP contribution in [0.3, 0.4) is 0 Å². The lowest BCUT2D eigenvalue weighted by Crippen LogP contribution is -2.32. The smallest absolute Gasteiger partial charge is 0.177 e. The molecule has 0 heterocycles. The molecule has 0 aliphatic carbocycles. The maximum Gasteiger partial charge on any atom is 0.177 e. The van der Waals surface area contributed by atoms with E-state index in [4.69, 9.17) is 0 Å². The predicted molar refractivity (Wildman–Crippen MR) is 102 cm³/mol. The summed E-state index contributed by atoms with van der Waals surface area (Å²) in [6, 6.07) is 14.3. The summed E-state index contributed by atoms with van der Waals surface area (Å²) >= 11 is 0. The van der Waals surface area contributed by atoms with Crippen LogP contribution >= 0.6 is 9.24 Å². The molecule has 0 bridgehead atoms. The van der Waals surface area contributed by atoms with Crippen molar-refractivity contribution < 1.29 is 4.79 Å². The van der Waals surface area contributed by atoms with E-state index >= 15 is 0 Å². The third kappa shape index (κ3) is 3.72. The Morgan fingerprint density at radius 3 is 2.04 bits per heavy atom. The van der Waals surface area contributed by atoms with Crippen molar-refractivity contribution in [2.75, 3.05) is 0 Å². The zero-order chi connectivity index (χ0) is 17.2. The summed E-state index contributed by atoms with van der Waals surface area (Å²) in [5.74, 6) is 0.639. The molecule has 23 heavy (non-hydrogen) atoms. The first-order valence-corrected chi connectivity index (χ1v) is 8.80. The number of hydrogen-bond donors (Lipinski definition) is 0. The molecule has 0 saturated carbocycles. The van der Waals surface area contributed by atoms with Gasteiger partial charge in [0.2, 0.25) is 0 Å². The van der Waals surface area contributed by atoms with Gasteiger partial charge in [0.05, 0.1) is 5.16 Å². The van der Waals surface area contributed by atoms with E-state index in [9.17, 15) is 4.79 Å². The standard InChI is InChI=1S/C21H27OP/c1-14(2)13-21(23,18-9-7-6-8-10-18)20(22)19-16(4)11-15(3)12-17(19)5/h6-12,14H,13,23H2,1-5H3. The fraction of sp³-hybridized carbons (Fsp3) is 0.381. The van der Waals surface area contributed by atoms with Gasteiger partial charge < -0.3 is 0 Å². The van der Waals surface area contributed by atoms with Gasteiger partial charge in [-0.15, -0.1) is 9.24 Å².